The fraction of sp³-hybridized carbons (Fsp3) is 0.267. The molecule has 4 heteroatoms. The van der Waals surface area contributed by atoms with Crippen molar-refractivity contribution in [2.24, 2.45) is 5.73 Å². The first-order valence-corrected chi connectivity index (χ1v) is 6.09. The Morgan fingerprint density at radius 1 is 1.21 bits per heavy atom. The summed E-state index contributed by atoms with van der Waals surface area (Å²) in [4.78, 5) is 14.5. The number of hydrogen-bond donors (Lipinski definition) is 2. The molecule has 0 radical (unpaired) electrons. The lowest BCUT2D eigenvalue weighted by molar-refractivity contribution is 0.1000. The Kier molecular flexibility index (Phi) is 3.34. The molecule has 19 heavy (non-hydrogen) atoms. The summed E-state index contributed by atoms with van der Waals surface area (Å²) in [5.74, 6) is 0.381. The van der Waals surface area contributed by atoms with Gasteiger partial charge in [-0.05, 0) is 44.0 Å². The van der Waals surface area contributed by atoms with Crippen molar-refractivity contribution in [1.29, 1.82) is 0 Å². The highest BCUT2D eigenvalue weighted by Crippen LogP contribution is 2.34. The Morgan fingerprint density at radius 3 is 2.42 bits per heavy atom. The van der Waals surface area contributed by atoms with E-state index >= 15 is 0 Å². The number of aromatic nitrogens is 1. The van der Waals surface area contributed by atoms with E-state index in [4.69, 9.17) is 10.5 Å². The minimum atomic E-state index is -0.427. The Hall–Kier alpha value is -2.23. The molecular weight excluding hydrogens is 240 g/mol. The van der Waals surface area contributed by atoms with E-state index in [1.807, 2.05) is 26.8 Å². The number of aromatic amines is 1. The van der Waals surface area contributed by atoms with Gasteiger partial charge in [-0.2, -0.15) is 0 Å². The van der Waals surface area contributed by atoms with Crippen LogP contribution in [0, 0.1) is 20.8 Å². The first kappa shape index (κ1) is 13.2. The Labute approximate surface area is 112 Å². The van der Waals surface area contributed by atoms with Crippen LogP contribution in [0.1, 0.15) is 27.2 Å². The largest absolute Gasteiger partial charge is 0.496 e. The molecule has 4 nitrogen and oxygen atoms in total. The molecule has 3 N–H and O–H groups in total. The van der Waals surface area contributed by atoms with E-state index in [-0.39, 0.29) is 0 Å². The van der Waals surface area contributed by atoms with E-state index in [1.54, 1.807) is 13.2 Å². The van der Waals surface area contributed by atoms with Gasteiger partial charge < -0.3 is 15.5 Å². The summed E-state index contributed by atoms with van der Waals surface area (Å²) < 4.78 is 5.46. The van der Waals surface area contributed by atoms with Gasteiger partial charge in [0.1, 0.15) is 5.75 Å². The minimum Gasteiger partial charge on any atom is -0.496 e. The second-order valence-corrected chi connectivity index (χ2v) is 4.75. The smallest absolute Gasteiger partial charge is 0.250 e. The molecule has 0 fully saturated rings. The molecule has 0 unspecified atom stereocenters. The van der Waals surface area contributed by atoms with Crippen LogP contribution in [0.15, 0.2) is 18.2 Å². The summed E-state index contributed by atoms with van der Waals surface area (Å²) in [6.07, 6.45) is 0. The number of amides is 1. The molecule has 2 aromatic rings. The van der Waals surface area contributed by atoms with Crippen LogP contribution in [-0.2, 0) is 0 Å². The standard InChI is InChI=1S/C15H18N2O2/c1-8-5-9(2)14(19-4)12(6-8)13-7-11(15(16)18)10(3)17-13/h5-7,17H,1-4H3,(H2,16,18). The highest BCUT2D eigenvalue weighted by molar-refractivity contribution is 5.95. The van der Waals surface area contributed by atoms with E-state index < -0.39 is 5.91 Å². The van der Waals surface area contributed by atoms with Gasteiger partial charge in [-0.1, -0.05) is 6.07 Å². The molecule has 0 aliphatic carbocycles. The fourth-order valence-electron chi connectivity index (χ4n) is 2.38. The van der Waals surface area contributed by atoms with Gasteiger partial charge in [0.25, 0.3) is 5.91 Å². The maximum atomic E-state index is 11.3. The zero-order chi connectivity index (χ0) is 14.2. The van der Waals surface area contributed by atoms with Crippen LogP contribution >= 0.6 is 0 Å². The number of nitrogens with two attached hydrogens (primary N) is 1. The molecule has 0 saturated heterocycles. The number of rotatable bonds is 3. The van der Waals surface area contributed by atoms with Crippen molar-refractivity contribution in [2.75, 3.05) is 7.11 Å². The van der Waals surface area contributed by atoms with Crippen molar-refractivity contribution < 1.29 is 9.53 Å². The lowest BCUT2D eigenvalue weighted by Gasteiger charge is -2.11. The molecule has 1 aromatic carbocycles. The van der Waals surface area contributed by atoms with Crippen LogP contribution < -0.4 is 10.5 Å². The van der Waals surface area contributed by atoms with E-state index in [2.05, 4.69) is 11.1 Å². The maximum Gasteiger partial charge on any atom is 0.250 e. The Balaban J connectivity index is 2.64. The van der Waals surface area contributed by atoms with E-state index in [0.717, 1.165) is 33.8 Å². The number of methoxy groups -OCH3 is 1. The summed E-state index contributed by atoms with van der Waals surface area (Å²) in [7, 11) is 1.64. The Bertz CT molecular complexity index is 642. The van der Waals surface area contributed by atoms with Crippen molar-refractivity contribution in [2.45, 2.75) is 20.8 Å². The number of primary amides is 1. The van der Waals surface area contributed by atoms with Gasteiger partial charge in [0, 0.05) is 11.3 Å². The van der Waals surface area contributed by atoms with Crippen LogP contribution in [0.4, 0.5) is 0 Å². The van der Waals surface area contributed by atoms with Crippen LogP contribution in [-0.4, -0.2) is 18.0 Å². The second-order valence-electron chi connectivity index (χ2n) is 4.75. The first-order chi connectivity index (χ1) is 8.93. The molecule has 0 bridgehead atoms. The predicted molar refractivity (Wildman–Crippen MR) is 75.5 cm³/mol. The molecule has 0 aliphatic heterocycles. The summed E-state index contributed by atoms with van der Waals surface area (Å²) >= 11 is 0. The quantitative estimate of drug-likeness (QED) is 0.888. The third kappa shape index (κ3) is 2.34. The van der Waals surface area contributed by atoms with Gasteiger partial charge in [-0.25, -0.2) is 0 Å². The summed E-state index contributed by atoms with van der Waals surface area (Å²) in [5.41, 5.74) is 10.6. The van der Waals surface area contributed by atoms with Crippen molar-refractivity contribution in [3.63, 3.8) is 0 Å². The second kappa shape index (κ2) is 4.80. The maximum absolute atomic E-state index is 11.3. The minimum absolute atomic E-state index is 0.427. The molecule has 100 valence electrons. The predicted octanol–water partition coefficient (Wildman–Crippen LogP) is 2.71. The SMILES string of the molecule is COc1c(C)cc(C)cc1-c1cc(C(N)=O)c(C)[nH]1. The van der Waals surface area contributed by atoms with Gasteiger partial charge in [0.2, 0.25) is 0 Å². The molecule has 0 atom stereocenters. The monoisotopic (exact) mass is 258 g/mol. The van der Waals surface area contributed by atoms with Crippen LogP contribution in [0.5, 0.6) is 5.75 Å². The third-order valence-corrected chi connectivity index (χ3v) is 3.19. The number of benzene rings is 1. The molecular formula is C15H18N2O2. The van der Waals surface area contributed by atoms with E-state index in [1.165, 1.54) is 0 Å². The molecule has 0 saturated carbocycles. The molecule has 0 aliphatic rings. The van der Waals surface area contributed by atoms with Gasteiger partial charge in [-0.15, -0.1) is 0 Å². The molecule has 1 heterocycles. The van der Waals surface area contributed by atoms with Crippen LogP contribution in [0.2, 0.25) is 0 Å². The first-order valence-electron chi connectivity index (χ1n) is 6.09. The fourth-order valence-corrected chi connectivity index (χ4v) is 2.38. The van der Waals surface area contributed by atoms with E-state index in [0.29, 0.717) is 5.56 Å². The molecule has 0 spiro atoms. The summed E-state index contributed by atoms with van der Waals surface area (Å²) in [6, 6.07) is 5.86. The lowest BCUT2D eigenvalue weighted by Crippen LogP contribution is -2.10. The normalized spacial score (nSPS) is 10.5. The number of carbonyl (C=O) groups excluding carboxylic acids is 1. The molecule has 1 aromatic heterocycles. The van der Waals surface area contributed by atoms with Crippen molar-refractivity contribution >= 4 is 5.91 Å². The number of nitrogens with one attached hydrogen (secondary N) is 1. The number of carbonyl (C=O) groups is 1. The van der Waals surface area contributed by atoms with E-state index in [9.17, 15) is 4.79 Å². The van der Waals surface area contributed by atoms with Gasteiger partial charge in [-0.3, -0.25) is 4.79 Å². The lowest BCUT2D eigenvalue weighted by atomic mass is 10.0. The van der Waals surface area contributed by atoms with Gasteiger partial charge in [0.15, 0.2) is 0 Å². The third-order valence-electron chi connectivity index (χ3n) is 3.19. The van der Waals surface area contributed by atoms with Gasteiger partial charge >= 0.3 is 0 Å². The number of H-pyrrole nitrogens is 1. The summed E-state index contributed by atoms with van der Waals surface area (Å²) in [6.45, 7) is 5.86. The van der Waals surface area contributed by atoms with Crippen LogP contribution in [0.25, 0.3) is 11.3 Å². The van der Waals surface area contributed by atoms with Crippen molar-refractivity contribution in [1.82, 2.24) is 4.98 Å². The average molecular weight is 258 g/mol. The van der Waals surface area contributed by atoms with Crippen molar-refractivity contribution in [3.8, 4) is 17.0 Å². The topological polar surface area (TPSA) is 68.1 Å². The number of aryl methyl sites for hydroxylation is 3. The highest BCUT2D eigenvalue weighted by Gasteiger charge is 2.15. The van der Waals surface area contributed by atoms with Crippen LogP contribution in [0.3, 0.4) is 0 Å². The average Bonchev–Trinajstić information content (AvgIpc) is 2.70. The van der Waals surface area contributed by atoms with Gasteiger partial charge in [0.05, 0.1) is 18.4 Å². The zero-order valence-electron chi connectivity index (χ0n) is 11.6. The number of ether oxygens (including phenoxy) is 1. The highest BCUT2D eigenvalue weighted by atomic mass is 16.5. The van der Waals surface area contributed by atoms with Crippen molar-refractivity contribution in [3.05, 3.63) is 40.6 Å². The summed E-state index contributed by atoms with van der Waals surface area (Å²) in [5, 5.41) is 0. The molecule has 2 rings (SSSR count). The molecule has 1 amide bonds. The number of hydrogen-bond acceptors (Lipinski definition) is 2. The Morgan fingerprint density at radius 2 is 1.89 bits per heavy atom. The zero-order valence-corrected chi connectivity index (χ0v) is 11.6.